The Kier molecular flexibility index (Phi) is 7.38. The van der Waals surface area contributed by atoms with E-state index in [9.17, 15) is 18.0 Å². The van der Waals surface area contributed by atoms with E-state index in [2.05, 4.69) is 0 Å². The molecule has 146 valence electrons. The van der Waals surface area contributed by atoms with E-state index >= 15 is 0 Å². The molecule has 0 aliphatic rings. The molecule has 2 rings (SSSR count). The fourth-order valence-electron chi connectivity index (χ4n) is 2.63. The third-order valence-corrected chi connectivity index (χ3v) is 4.09. The van der Waals surface area contributed by atoms with Crippen LogP contribution in [-0.4, -0.2) is 18.7 Å². The predicted molar refractivity (Wildman–Crippen MR) is 97.0 cm³/mol. The van der Waals surface area contributed by atoms with E-state index in [0.29, 0.717) is 24.9 Å². The van der Waals surface area contributed by atoms with Gasteiger partial charge in [-0.15, -0.1) is 0 Å². The summed E-state index contributed by atoms with van der Waals surface area (Å²) in [6.07, 6.45) is -2.64. The van der Waals surface area contributed by atoms with Crippen molar-refractivity contribution in [1.82, 2.24) is 0 Å². The van der Waals surface area contributed by atoms with Gasteiger partial charge in [0.2, 0.25) is 0 Å². The van der Waals surface area contributed by atoms with Crippen LogP contribution in [0.2, 0.25) is 0 Å². The van der Waals surface area contributed by atoms with E-state index in [1.807, 2.05) is 18.2 Å². The van der Waals surface area contributed by atoms with Gasteiger partial charge in [-0.3, -0.25) is 0 Å². The Morgan fingerprint density at radius 1 is 1.04 bits per heavy atom. The van der Waals surface area contributed by atoms with Crippen molar-refractivity contribution in [3.63, 3.8) is 0 Å². The first-order valence-corrected chi connectivity index (χ1v) is 8.68. The third kappa shape index (κ3) is 6.37. The molecule has 0 spiro atoms. The summed E-state index contributed by atoms with van der Waals surface area (Å²) in [5.41, 5.74) is 12.1. The summed E-state index contributed by atoms with van der Waals surface area (Å²) in [5, 5.41) is 0. The van der Waals surface area contributed by atoms with E-state index in [-0.39, 0.29) is 17.7 Å². The van der Waals surface area contributed by atoms with Gasteiger partial charge in [0.15, 0.2) is 0 Å². The Morgan fingerprint density at radius 2 is 1.74 bits per heavy atom. The molecule has 0 aromatic heterocycles. The average Bonchev–Trinajstić information content (AvgIpc) is 2.65. The van der Waals surface area contributed by atoms with Crippen molar-refractivity contribution in [3.05, 3.63) is 70.8 Å². The van der Waals surface area contributed by atoms with Crippen LogP contribution in [0.15, 0.2) is 48.5 Å². The maximum Gasteiger partial charge on any atom is 0.407 e. The van der Waals surface area contributed by atoms with Crippen molar-refractivity contribution in [3.8, 4) is 0 Å². The summed E-state index contributed by atoms with van der Waals surface area (Å²) >= 11 is 0. The molecule has 0 aliphatic heterocycles. The second-order valence-corrected chi connectivity index (χ2v) is 6.29. The van der Waals surface area contributed by atoms with E-state index in [0.717, 1.165) is 18.1 Å². The zero-order valence-corrected chi connectivity index (χ0v) is 14.8. The molecule has 1 atom stereocenters. The molecule has 0 amide bonds. The number of hydrogen-bond acceptors (Lipinski definition) is 4. The van der Waals surface area contributed by atoms with Gasteiger partial charge < -0.3 is 16.2 Å². The van der Waals surface area contributed by atoms with Crippen LogP contribution >= 0.6 is 0 Å². The maximum atomic E-state index is 13.0. The highest BCUT2D eigenvalue weighted by molar-refractivity contribution is 5.90. The number of carbonyl (C=O) groups is 1. The van der Waals surface area contributed by atoms with Crippen molar-refractivity contribution in [2.45, 2.75) is 38.1 Å². The van der Waals surface area contributed by atoms with Crippen molar-refractivity contribution in [2.24, 2.45) is 11.5 Å². The maximum absolute atomic E-state index is 13.0. The number of benzene rings is 2. The normalized spacial score (nSPS) is 12.6. The van der Waals surface area contributed by atoms with Crippen molar-refractivity contribution in [1.29, 1.82) is 0 Å². The third-order valence-electron chi connectivity index (χ3n) is 4.09. The Hall–Kier alpha value is -2.38. The number of esters is 1. The van der Waals surface area contributed by atoms with Gasteiger partial charge in [0.05, 0.1) is 5.56 Å². The number of alkyl halides is 3. The summed E-state index contributed by atoms with van der Waals surface area (Å²) < 4.78 is 44.3. The molecule has 27 heavy (non-hydrogen) atoms. The lowest BCUT2D eigenvalue weighted by Crippen LogP contribution is -2.28. The molecule has 0 heterocycles. The van der Waals surface area contributed by atoms with Crippen LogP contribution < -0.4 is 11.5 Å². The standard InChI is InChI=1S/C20H23F3N2O2/c21-20(22,23)18(25)16-10-15(8-4-5-9-24)11-17(12-16)19(26)27-13-14-6-2-1-3-7-14/h1-3,6-7,10-12,18H,4-5,8-9,13,24-25H2. The molecule has 0 radical (unpaired) electrons. The van der Waals surface area contributed by atoms with Crippen LogP contribution in [0.3, 0.4) is 0 Å². The van der Waals surface area contributed by atoms with Crippen LogP contribution in [0.1, 0.15) is 45.9 Å². The number of hydrogen-bond donors (Lipinski definition) is 2. The number of aryl methyl sites for hydroxylation is 1. The Balaban J connectivity index is 2.21. The van der Waals surface area contributed by atoms with E-state index in [1.165, 1.54) is 6.07 Å². The molecule has 1 unspecified atom stereocenters. The highest BCUT2D eigenvalue weighted by Crippen LogP contribution is 2.31. The molecule has 0 fully saturated rings. The number of ether oxygens (including phenoxy) is 1. The molecule has 7 heteroatoms. The van der Waals surface area contributed by atoms with Gasteiger partial charge in [-0.25, -0.2) is 4.79 Å². The molecule has 0 saturated heterocycles. The van der Waals surface area contributed by atoms with Crippen LogP contribution in [0.25, 0.3) is 0 Å². The van der Waals surface area contributed by atoms with Gasteiger partial charge in [0, 0.05) is 0 Å². The molecule has 2 aromatic carbocycles. The zero-order valence-electron chi connectivity index (χ0n) is 14.8. The largest absolute Gasteiger partial charge is 0.457 e. The first kappa shape index (κ1) is 20.9. The van der Waals surface area contributed by atoms with Crippen molar-refractivity contribution < 1.29 is 22.7 Å². The minimum Gasteiger partial charge on any atom is -0.457 e. The van der Waals surface area contributed by atoms with E-state index in [4.69, 9.17) is 16.2 Å². The number of halogens is 3. The molecular weight excluding hydrogens is 357 g/mol. The summed E-state index contributed by atoms with van der Waals surface area (Å²) in [4.78, 5) is 12.4. The summed E-state index contributed by atoms with van der Waals surface area (Å²) in [6.45, 7) is 0.533. The van der Waals surface area contributed by atoms with Gasteiger partial charge in [0.25, 0.3) is 0 Å². The summed E-state index contributed by atoms with van der Waals surface area (Å²) in [5.74, 6) is -0.685. The van der Waals surface area contributed by atoms with Gasteiger partial charge in [-0.2, -0.15) is 13.2 Å². The Bertz CT molecular complexity index is 749. The Labute approximate surface area is 156 Å². The number of carbonyl (C=O) groups excluding carboxylic acids is 1. The number of rotatable bonds is 8. The predicted octanol–water partition coefficient (Wildman–Crippen LogP) is 3.89. The Morgan fingerprint density at radius 3 is 2.37 bits per heavy atom. The van der Waals surface area contributed by atoms with Gasteiger partial charge in [-0.05, 0) is 54.6 Å². The number of nitrogens with two attached hydrogens (primary N) is 2. The highest BCUT2D eigenvalue weighted by Gasteiger charge is 2.38. The lowest BCUT2D eigenvalue weighted by atomic mass is 9.97. The molecule has 4 N–H and O–H groups in total. The second-order valence-electron chi connectivity index (χ2n) is 6.29. The SMILES string of the molecule is NCCCCc1cc(C(=O)OCc2ccccc2)cc(C(N)C(F)(F)F)c1. The fourth-order valence-corrected chi connectivity index (χ4v) is 2.63. The molecule has 4 nitrogen and oxygen atoms in total. The van der Waals surface area contributed by atoms with Crippen LogP contribution in [0, 0.1) is 0 Å². The molecule has 0 bridgehead atoms. The quantitative estimate of drug-likeness (QED) is 0.538. The molecular formula is C20H23F3N2O2. The molecule has 0 saturated carbocycles. The summed E-state index contributed by atoms with van der Waals surface area (Å²) in [6, 6.07) is 11.0. The zero-order chi connectivity index (χ0) is 19.9. The van der Waals surface area contributed by atoms with Crippen LogP contribution in [-0.2, 0) is 17.8 Å². The first-order valence-electron chi connectivity index (χ1n) is 8.68. The van der Waals surface area contributed by atoms with Crippen LogP contribution in [0.4, 0.5) is 13.2 Å². The topological polar surface area (TPSA) is 78.3 Å². The minimum absolute atomic E-state index is 0.0394. The number of unbranched alkanes of at least 4 members (excludes halogenated alkanes) is 1. The van der Waals surface area contributed by atoms with Gasteiger partial charge in [-0.1, -0.05) is 36.4 Å². The van der Waals surface area contributed by atoms with Gasteiger partial charge in [0.1, 0.15) is 12.6 Å². The highest BCUT2D eigenvalue weighted by atomic mass is 19.4. The smallest absolute Gasteiger partial charge is 0.407 e. The lowest BCUT2D eigenvalue weighted by molar-refractivity contribution is -0.149. The van der Waals surface area contributed by atoms with Crippen LogP contribution in [0.5, 0.6) is 0 Å². The van der Waals surface area contributed by atoms with E-state index < -0.39 is 18.2 Å². The van der Waals surface area contributed by atoms with Crippen molar-refractivity contribution >= 4 is 5.97 Å². The minimum atomic E-state index is -4.60. The van der Waals surface area contributed by atoms with E-state index in [1.54, 1.807) is 18.2 Å². The monoisotopic (exact) mass is 380 g/mol. The first-order chi connectivity index (χ1) is 12.8. The molecule has 0 aliphatic carbocycles. The average molecular weight is 380 g/mol. The van der Waals surface area contributed by atoms with Crippen molar-refractivity contribution in [2.75, 3.05) is 6.54 Å². The van der Waals surface area contributed by atoms with Gasteiger partial charge >= 0.3 is 12.1 Å². The fraction of sp³-hybridized carbons (Fsp3) is 0.350. The lowest BCUT2D eigenvalue weighted by Gasteiger charge is -2.18. The molecule has 2 aromatic rings. The second kappa shape index (κ2) is 9.53. The summed E-state index contributed by atoms with van der Waals surface area (Å²) in [7, 11) is 0.